The molecule has 0 aliphatic rings. The molecule has 26 heavy (non-hydrogen) atoms. The molecule has 0 unspecified atom stereocenters. The maximum Gasteiger partial charge on any atom is 0.289 e. The molecule has 0 saturated heterocycles. The third-order valence-corrected chi connectivity index (χ3v) is 4.63. The van der Waals surface area contributed by atoms with Gasteiger partial charge in [-0.25, -0.2) is 0 Å². The Morgan fingerprint density at radius 1 is 1.19 bits per heavy atom. The Bertz CT molecular complexity index is 934. The van der Waals surface area contributed by atoms with Crippen LogP contribution in [-0.4, -0.2) is 37.2 Å². The number of nitrogens with one attached hydrogen (secondary N) is 1. The van der Waals surface area contributed by atoms with Crippen LogP contribution in [0.5, 0.6) is 0 Å². The van der Waals surface area contributed by atoms with E-state index in [4.69, 9.17) is 4.52 Å². The van der Waals surface area contributed by atoms with Crippen LogP contribution in [0.4, 0.5) is 0 Å². The van der Waals surface area contributed by atoms with Gasteiger partial charge in [-0.3, -0.25) is 14.2 Å². The second-order valence-electron chi connectivity index (χ2n) is 6.34. The van der Waals surface area contributed by atoms with Crippen molar-refractivity contribution in [2.75, 3.05) is 6.54 Å². The van der Waals surface area contributed by atoms with Gasteiger partial charge in [0.1, 0.15) is 5.69 Å². The normalized spacial score (nSPS) is 11.1. The van der Waals surface area contributed by atoms with Crippen molar-refractivity contribution in [1.82, 2.24) is 30.0 Å². The van der Waals surface area contributed by atoms with E-state index in [9.17, 15) is 4.79 Å². The predicted molar refractivity (Wildman–Crippen MR) is 96.9 cm³/mol. The topological polar surface area (TPSA) is 90.8 Å². The highest BCUT2D eigenvalue weighted by Gasteiger charge is 2.17. The van der Waals surface area contributed by atoms with E-state index in [1.54, 1.807) is 6.07 Å². The molecule has 0 atom stereocenters. The van der Waals surface area contributed by atoms with Gasteiger partial charge < -0.3 is 9.84 Å². The van der Waals surface area contributed by atoms with Gasteiger partial charge in [-0.1, -0.05) is 5.16 Å². The molecule has 8 heteroatoms. The molecule has 0 aromatic carbocycles. The minimum Gasteiger partial charge on any atom is -0.350 e. The molecule has 3 aromatic rings. The fraction of sp³-hybridized carbons (Fsp3) is 0.444. The minimum atomic E-state index is -0.289. The van der Waals surface area contributed by atoms with Gasteiger partial charge in [-0.05, 0) is 40.2 Å². The fourth-order valence-corrected chi connectivity index (χ4v) is 2.81. The molecular weight excluding hydrogens is 332 g/mol. The third-order valence-electron chi connectivity index (χ3n) is 4.63. The van der Waals surface area contributed by atoms with E-state index in [-0.39, 0.29) is 11.7 Å². The SMILES string of the molecule is CCn1cc(-c2cc(C(=O)NCCn3nc(C)c(C)c3C)on2)c(C)n1. The lowest BCUT2D eigenvalue weighted by molar-refractivity contribution is 0.0915. The summed E-state index contributed by atoms with van der Waals surface area (Å²) in [6, 6.07) is 1.65. The minimum absolute atomic E-state index is 0.188. The fourth-order valence-electron chi connectivity index (χ4n) is 2.81. The smallest absolute Gasteiger partial charge is 0.289 e. The summed E-state index contributed by atoms with van der Waals surface area (Å²) in [4.78, 5) is 12.3. The molecule has 0 aliphatic heterocycles. The van der Waals surface area contributed by atoms with Gasteiger partial charge in [-0.15, -0.1) is 0 Å². The van der Waals surface area contributed by atoms with Gasteiger partial charge in [-0.2, -0.15) is 10.2 Å². The van der Waals surface area contributed by atoms with E-state index < -0.39 is 0 Å². The van der Waals surface area contributed by atoms with Gasteiger partial charge in [0.25, 0.3) is 5.91 Å². The number of carbonyl (C=O) groups is 1. The standard InChI is InChI=1S/C18H24N6O2/c1-6-23-10-15(13(4)20-23)16-9-17(26-22-16)18(25)19-7-8-24-14(5)11(2)12(3)21-24/h9-10H,6-8H2,1-5H3,(H,19,25). The lowest BCUT2D eigenvalue weighted by Crippen LogP contribution is -2.27. The van der Waals surface area contributed by atoms with Crippen molar-refractivity contribution in [3.63, 3.8) is 0 Å². The summed E-state index contributed by atoms with van der Waals surface area (Å²) in [6.07, 6.45) is 1.90. The maximum atomic E-state index is 12.3. The Labute approximate surface area is 152 Å². The largest absolute Gasteiger partial charge is 0.350 e. The molecule has 138 valence electrons. The van der Waals surface area contributed by atoms with Crippen molar-refractivity contribution < 1.29 is 9.32 Å². The van der Waals surface area contributed by atoms with Crippen LogP contribution in [0.15, 0.2) is 16.8 Å². The molecule has 0 aliphatic carbocycles. The first kappa shape index (κ1) is 17.9. The highest BCUT2D eigenvalue weighted by Crippen LogP contribution is 2.22. The van der Waals surface area contributed by atoms with Crippen molar-refractivity contribution in [1.29, 1.82) is 0 Å². The molecule has 0 fully saturated rings. The van der Waals surface area contributed by atoms with Crippen molar-refractivity contribution in [2.24, 2.45) is 0 Å². The van der Waals surface area contributed by atoms with E-state index >= 15 is 0 Å². The molecule has 1 amide bonds. The van der Waals surface area contributed by atoms with E-state index in [1.807, 2.05) is 50.2 Å². The lowest BCUT2D eigenvalue weighted by atomic mass is 10.2. The number of amides is 1. The van der Waals surface area contributed by atoms with E-state index in [0.717, 1.165) is 29.2 Å². The zero-order valence-electron chi connectivity index (χ0n) is 15.8. The molecule has 3 heterocycles. The second kappa shape index (κ2) is 7.15. The molecule has 0 saturated carbocycles. The van der Waals surface area contributed by atoms with Crippen LogP contribution in [-0.2, 0) is 13.1 Å². The van der Waals surface area contributed by atoms with Crippen LogP contribution in [0.25, 0.3) is 11.3 Å². The van der Waals surface area contributed by atoms with E-state index in [0.29, 0.717) is 18.8 Å². The van der Waals surface area contributed by atoms with Gasteiger partial charge >= 0.3 is 0 Å². The quantitative estimate of drug-likeness (QED) is 0.732. The van der Waals surface area contributed by atoms with Gasteiger partial charge in [0.05, 0.1) is 17.9 Å². The average Bonchev–Trinajstić information content (AvgIpc) is 3.30. The number of hydrogen-bond donors (Lipinski definition) is 1. The predicted octanol–water partition coefficient (Wildman–Crippen LogP) is 2.42. The van der Waals surface area contributed by atoms with E-state index in [2.05, 4.69) is 20.7 Å². The van der Waals surface area contributed by atoms with Gasteiger partial charge in [0, 0.05) is 36.6 Å². The summed E-state index contributed by atoms with van der Waals surface area (Å²) in [6.45, 7) is 11.8. The Hall–Kier alpha value is -2.90. The van der Waals surface area contributed by atoms with Crippen molar-refractivity contribution in [2.45, 2.75) is 47.7 Å². The number of aromatic nitrogens is 5. The summed E-state index contributed by atoms with van der Waals surface area (Å²) in [5.41, 5.74) is 5.64. The van der Waals surface area contributed by atoms with Crippen LogP contribution in [0.1, 0.15) is 40.1 Å². The Balaban J connectivity index is 1.63. The number of aryl methyl sites for hydroxylation is 3. The molecule has 1 N–H and O–H groups in total. The van der Waals surface area contributed by atoms with E-state index in [1.165, 1.54) is 5.56 Å². The van der Waals surface area contributed by atoms with Gasteiger partial charge in [0.15, 0.2) is 0 Å². The second-order valence-corrected chi connectivity index (χ2v) is 6.34. The molecular formula is C18H24N6O2. The zero-order chi connectivity index (χ0) is 18.8. The number of nitrogens with zero attached hydrogens (tertiary/aromatic N) is 5. The Morgan fingerprint density at radius 2 is 1.96 bits per heavy atom. The Kier molecular flexibility index (Phi) is 4.92. The molecule has 0 radical (unpaired) electrons. The summed E-state index contributed by atoms with van der Waals surface area (Å²) < 4.78 is 8.94. The molecule has 8 nitrogen and oxygen atoms in total. The highest BCUT2D eigenvalue weighted by molar-refractivity contribution is 5.92. The highest BCUT2D eigenvalue weighted by atomic mass is 16.5. The molecule has 3 aromatic heterocycles. The number of rotatable bonds is 6. The van der Waals surface area contributed by atoms with Crippen LogP contribution >= 0.6 is 0 Å². The number of carbonyl (C=O) groups excluding carboxylic acids is 1. The summed E-state index contributed by atoms with van der Waals surface area (Å²) in [5.74, 6) is -0.101. The van der Waals surface area contributed by atoms with Crippen molar-refractivity contribution in [3.8, 4) is 11.3 Å². The third kappa shape index (κ3) is 3.40. The zero-order valence-corrected chi connectivity index (χ0v) is 15.8. The maximum absolute atomic E-state index is 12.3. The monoisotopic (exact) mass is 356 g/mol. The first-order valence-electron chi connectivity index (χ1n) is 8.70. The Morgan fingerprint density at radius 3 is 2.58 bits per heavy atom. The summed E-state index contributed by atoms with van der Waals surface area (Å²) in [7, 11) is 0. The molecule has 0 bridgehead atoms. The number of hydrogen-bond acceptors (Lipinski definition) is 5. The lowest BCUT2D eigenvalue weighted by Gasteiger charge is -2.05. The van der Waals surface area contributed by atoms with Crippen LogP contribution in [0, 0.1) is 27.7 Å². The van der Waals surface area contributed by atoms with Crippen molar-refractivity contribution in [3.05, 3.63) is 40.7 Å². The van der Waals surface area contributed by atoms with Crippen LogP contribution in [0.3, 0.4) is 0 Å². The molecule has 0 spiro atoms. The summed E-state index contributed by atoms with van der Waals surface area (Å²) in [5, 5.41) is 15.7. The first-order chi connectivity index (χ1) is 12.4. The van der Waals surface area contributed by atoms with Crippen LogP contribution in [0.2, 0.25) is 0 Å². The average molecular weight is 356 g/mol. The van der Waals surface area contributed by atoms with Crippen LogP contribution < -0.4 is 5.32 Å². The molecule has 3 rings (SSSR count). The van der Waals surface area contributed by atoms with Gasteiger partial charge in [0.2, 0.25) is 5.76 Å². The summed E-state index contributed by atoms with van der Waals surface area (Å²) >= 11 is 0. The van der Waals surface area contributed by atoms with Crippen molar-refractivity contribution >= 4 is 5.91 Å². The first-order valence-corrected chi connectivity index (χ1v) is 8.70.